The topological polar surface area (TPSA) is 70.5 Å². The van der Waals surface area contributed by atoms with Gasteiger partial charge < -0.3 is 10.2 Å². The number of quaternary nitrogens is 1. The van der Waals surface area contributed by atoms with E-state index in [4.69, 9.17) is 12.2 Å². The summed E-state index contributed by atoms with van der Waals surface area (Å²) < 4.78 is 0. The number of hydrogen-bond donors (Lipinski definition) is 4. The first-order valence-corrected chi connectivity index (χ1v) is 6.04. The van der Waals surface area contributed by atoms with E-state index in [2.05, 4.69) is 35.2 Å². The van der Waals surface area contributed by atoms with Crippen LogP contribution < -0.4 is 21.1 Å². The summed E-state index contributed by atoms with van der Waals surface area (Å²) in [6, 6.07) is 5.13. The highest BCUT2D eigenvalue weighted by Crippen LogP contribution is 1.91. The van der Waals surface area contributed by atoms with Gasteiger partial charge in [-0.2, -0.15) is 0 Å². The van der Waals surface area contributed by atoms with Crippen molar-refractivity contribution in [2.75, 3.05) is 27.2 Å². The summed E-state index contributed by atoms with van der Waals surface area (Å²) in [6.45, 7) is 1.68. The van der Waals surface area contributed by atoms with Crippen molar-refractivity contribution < 1.29 is 9.69 Å². The summed E-state index contributed by atoms with van der Waals surface area (Å²) in [6.07, 6.45) is 1.56. The summed E-state index contributed by atoms with van der Waals surface area (Å²) >= 11 is 5.01. The molecule has 0 radical (unpaired) electrons. The maximum atomic E-state index is 11.6. The van der Waals surface area contributed by atoms with Crippen molar-refractivity contribution in [2.24, 2.45) is 0 Å². The molecule has 1 amide bonds. The number of likely N-dealkylation sites (N-methyl/N-ethyl adjacent to an activating group) is 1. The van der Waals surface area contributed by atoms with Crippen LogP contribution in [-0.4, -0.2) is 43.2 Å². The third-order valence-corrected chi connectivity index (χ3v) is 2.34. The molecule has 7 heteroatoms. The average Bonchev–Trinajstić information content (AvgIpc) is 2.36. The smallest absolute Gasteiger partial charge is 0.288 e. The first-order chi connectivity index (χ1) is 8.59. The van der Waals surface area contributed by atoms with Crippen LogP contribution in [0.25, 0.3) is 0 Å². The molecule has 0 aliphatic carbocycles. The highest BCUT2D eigenvalue weighted by atomic mass is 32.1. The van der Waals surface area contributed by atoms with Gasteiger partial charge in [-0.05, 0) is 24.4 Å². The van der Waals surface area contributed by atoms with E-state index in [1.807, 2.05) is 0 Å². The molecule has 1 aromatic rings. The standard InChI is InChI=1S/C11H17N5OS/c1-16(2)8-7-13-11(18)15-14-10(17)9-5-3-4-6-12-9/h3-6H,7-8H2,1-2H3,(H,14,17)(H2,13,15,18)/p+1. The van der Waals surface area contributed by atoms with E-state index in [0.29, 0.717) is 10.8 Å². The lowest BCUT2D eigenvalue weighted by Gasteiger charge is -2.12. The van der Waals surface area contributed by atoms with Crippen LogP contribution in [-0.2, 0) is 0 Å². The van der Waals surface area contributed by atoms with Crippen LogP contribution >= 0.6 is 12.2 Å². The molecule has 1 heterocycles. The quantitative estimate of drug-likeness (QED) is 0.388. The number of hydrogen-bond acceptors (Lipinski definition) is 3. The highest BCUT2D eigenvalue weighted by molar-refractivity contribution is 7.80. The summed E-state index contributed by atoms with van der Waals surface area (Å²) in [5, 5.41) is 3.37. The fourth-order valence-corrected chi connectivity index (χ4v) is 1.30. The fraction of sp³-hybridized carbons (Fsp3) is 0.364. The lowest BCUT2D eigenvalue weighted by atomic mass is 10.3. The number of amides is 1. The van der Waals surface area contributed by atoms with Crippen LogP contribution in [0.5, 0.6) is 0 Å². The molecular formula is C11H18N5OS+. The molecular weight excluding hydrogens is 250 g/mol. The van der Waals surface area contributed by atoms with Crippen LogP contribution in [0.15, 0.2) is 24.4 Å². The van der Waals surface area contributed by atoms with Crippen molar-refractivity contribution in [2.45, 2.75) is 0 Å². The Bertz CT molecular complexity index is 396. The van der Waals surface area contributed by atoms with Gasteiger partial charge in [-0.3, -0.25) is 20.6 Å². The first kappa shape index (κ1) is 14.3. The lowest BCUT2D eigenvalue weighted by molar-refractivity contribution is -0.856. The van der Waals surface area contributed by atoms with Crippen molar-refractivity contribution in [3.63, 3.8) is 0 Å². The Kier molecular flexibility index (Phi) is 6.03. The monoisotopic (exact) mass is 268 g/mol. The molecule has 18 heavy (non-hydrogen) atoms. The predicted octanol–water partition coefficient (Wildman–Crippen LogP) is -1.66. The molecule has 0 aliphatic heterocycles. The van der Waals surface area contributed by atoms with Crippen LogP contribution in [0.1, 0.15) is 10.5 Å². The van der Waals surface area contributed by atoms with Gasteiger partial charge in [0.25, 0.3) is 5.91 Å². The molecule has 0 aromatic carbocycles. The Morgan fingerprint density at radius 3 is 2.78 bits per heavy atom. The third-order valence-electron chi connectivity index (χ3n) is 2.10. The Morgan fingerprint density at radius 2 is 2.17 bits per heavy atom. The first-order valence-electron chi connectivity index (χ1n) is 5.64. The van der Waals surface area contributed by atoms with Gasteiger partial charge in [0.1, 0.15) is 5.69 Å². The van der Waals surface area contributed by atoms with Gasteiger partial charge in [0.05, 0.1) is 27.2 Å². The third kappa shape index (κ3) is 5.55. The molecule has 0 saturated heterocycles. The van der Waals surface area contributed by atoms with Crippen molar-refractivity contribution >= 4 is 23.2 Å². The summed E-state index contributed by atoms with van der Waals surface area (Å²) in [4.78, 5) is 16.8. The Hall–Kier alpha value is -1.73. The van der Waals surface area contributed by atoms with Gasteiger partial charge in [-0.15, -0.1) is 0 Å². The molecule has 98 valence electrons. The minimum Gasteiger partial charge on any atom is -0.356 e. The summed E-state index contributed by atoms with van der Waals surface area (Å²) in [7, 11) is 4.11. The maximum Gasteiger partial charge on any atom is 0.288 e. The molecule has 0 bridgehead atoms. The number of thiocarbonyl (C=S) groups is 1. The minimum absolute atomic E-state index is 0.321. The van der Waals surface area contributed by atoms with E-state index in [9.17, 15) is 4.79 Å². The molecule has 1 aromatic heterocycles. The number of nitrogens with zero attached hydrogens (tertiary/aromatic N) is 1. The van der Waals surface area contributed by atoms with Crippen molar-refractivity contribution in [3.8, 4) is 0 Å². The lowest BCUT2D eigenvalue weighted by Crippen LogP contribution is -3.06. The van der Waals surface area contributed by atoms with Gasteiger partial charge in [-0.1, -0.05) is 6.07 Å². The van der Waals surface area contributed by atoms with Gasteiger partial charge in [0.15, 0.2) is 5.11 Å². The maximum absolute atomic E-state index is 11.6. The van der Waals surface area contributed by atoms with Crippen LogP contribution in [0.3, 0.4) is 0 Å². The minimum atomic E-state index is -0.321. The summed E-state index contributed by atoms with van der Waals surface area (Å²) in [5.74, 6) is -0.321. The fourth-order valence-electron chi connectivity index (χ4n) is 1.14. The predicted molar refractivity (Wildman–Crippen MR) is 73.1 cm³/mol. The highest BCUT2D eigenvalue weighted by Gasteiger charge is 2.05. The van der Waals surface area contributed by atoms with Gasteiger partial charge in [0, 0.05) is 6.20 Å². The van der Waals surface area contributed by atoms with Crippen molar-refractivity contribution in [1.82, 2.24) is 21.2 Å². The molecule has 0 unspecified atom stereocenters. The van der Waals surface area contributed by atoms with E-state index in [0.717, 1.165) is 13.1 Å². The van der Waals surface area contributed by atoms with Gasteiger partial charge in [0.2, 0.25) is 0 Å². The number of carbonyl (C=O) groups is 1. The van der Waals surface area contributed by atoms with Crippen molar-refractivity contribution in [1.29, 1.82) is 0 Å². The normalized spacial score (nSPS) is 9.94. The molecule has 0 aliphatic rings. The number of rotatable bonds is 4. The van der Waals surface area contributed by atoms with E-state index >= 15 is 0 Å². The number of hydrazine groups is 1. The van der Waals surface area contributed by atoms with Crippen molar-refractivity contribution in [3.05, 3.63) is 30.1 Å². The average molecular weight is 268 g/mol. The van der Waals surface area contributed by atoms with Crippen LogP contribution in [0.4, 0.5) is 0 Å². The van der Waals surface area contributed by atoms with E-state index < -0.39 is 0 Å². The molecule has 0 atom stereocenters. The van der Waals surface area contributed by atoms with Crippen LogP contribution in [0.2, 0.25) is 0 Å². The molecule has 0 spiro atoms. The Labute approximate surface area is 112 Å². The number of aromatic nitrogens is 1. The van der Waals surface area contributed by atoms with Crippen LogP contribution in [0, 0.1) is 0 Å². The van der Waals surface area contributed by atoms with E-state index in [1.165, 1.54) is 4.90 Å². The zero-order valence-corrected chi connectivity index (χ0v) is 11.3. The number of pyridine rings is 1. The number of nitrogens with one attached hydrogen (secondary N) is 4. The second-order valence-corrected chi connectivity index (χ2v) is 4.42. The van der Waals surface area contributed by atoms with Gasteiger partial charge in [-0.25, -0.2) is 0 Å². The SMILES string of the molecule is C[NH+](C)CCNC(=S)NNC(=O)c1ccccn1. The Balaban J connectivity index is 2.24. The van der Waals surface area contributed by atoms with Gasteiger partial charge >= 0.3 is 0 Å². The second kappa shape index (κ2) is 7.57. The zero-order valence-electron chi connectivity index (χ0n) is 10.5. The van der Waals surface area contributed by atoms with E-state index in [-0.39, 0.29) is 5.91 Å². The largest absolute Gasteiger partial charge is 0.356 e. The van der Waals surface area contributed by atoms with E-state index in [1.54, 1.807) is 24.4 Å². The Morgan fingerprint density at radius 1 is 1.39 bits per heavy atom. The molecule has 0 saturated carbocycles. The molecule has 4 N–H and O–H groups in total. The zero-order chi connectivity index (χ0) is 13.4. The number of carbonyl (C=O) groups excluding carboxylic acids is 1. The summed E-state index contributed by atoms with van der Waals surface area (Å²) in [5.41, 5.74) is 5.44. The molecule has 6 nitrogen and oxygen atoms in total. The molecule has 0 fully saturated rings. The second-order valence-electron chi connectivity index (χ2n) is 4.01. The molecule has 1 rings (SSSR count).